The summed E-state index contributed by atoms with van der Waals surface area (Å²) in [5, 5.41) is 7.55. The van der Waals surface area contributed by atoms with Gasteiger partial charge in [-0.3, -0.25) is 9.69 Å². The van der Waals surface area contributed by atoms with Crippen LogP contribution in [0.2, 0.25) is 0 Å². The van der Waals surface area contributed by atoms with Crippen LogP contribution in [-0.2, 0) is 13.1 Å². The van der Waals surface area contributed by atoms with E-state index in [-0.39, 0.29) is 5.91 Å². The second-order valence-electron chi connectivity index (χ2n) is 8.92. The van der Waals surface area contributed by atoms with E-state index < -0.39 is 0 Å². The number of carbonyl (C=O) groups excluding carboxylic acids is 1. The summed E-state index contributed by atoms with van der Waals surface area (Å²) < 4.78 is 0. The molecule has 34 heavy (non-hydrogen) atoms. The number of hydrogen-bond acceptors (Lipinski definition) is 4. The normalized spacial score (nSPS) is 14.7. The molecule has 0 saturated carbocycles. The molecule has 2 N–H and O–H groups in total. The lowest BCUT2D eigenvalue weighted by Crippen LogP contribution is -2.38. The Balaban J connectivity index is 1.26. The molecule has 5 heteroatoms. The molecule has 1 aliphatic rings. The maximum Gasteiger partial charge on any atom is 0.252 e. The van der Waals surface area contributed by atoms with Gasteiger partial charge in [0.2, 0.25) is 0 Å². The third kappa shape index (κ3) is 5.43. The zero-order valence-corrected chi connectivity index (χ0v) is 19.3. The van der Waals surface area contributed by atoms with Crippen LogP contribution in [0, 0.1) is 0 Å². The Kier molecular flexibility index (Phi) is 6.82. The molecule has 0 radical (unpaired) electrons. The molecule has 0 spiro atoms. The lowest BCUT2D eigenvalue weighted by Gasteiger charge is -2.32. The Labute approximate surface area is 200 Å². The monoisotopic (exact) mass is 450 g/mol. The van der Waals surface area contributed by atoms with Gasteiger partial charge in [-0.2, -0.15) is 0 Å². The first kappa shape index (κ1) is 22.1. The average molecular weight is 451 g/mol. The summed E-state index contributed by atoms with van der Waals surface area (Å²) in [6, 6.07) is 30.7. The van der Waals surface area contributed by atoms with E-state index in [2.05, 4.69) is 45.9 Å². The first-order chi connectivity index (χ1) is 16.7. The van der Waals surface area contributed by atoms with Crippen LogP contribution in [0.4, 0.5) is 5.82 Å². The molecule has 1 aromatic heterocycles. The van der Waals surface area contributed by atoms with Gasteiger partial charge in [0.05, 0.1) is 11.1 Å². The highest BCUT2D eigenvalue weighted by Gasteiger charge is 2.21. The van der Waals surface area contributed by atoms with Crippen molar-refractivity contribution in [3.8, 4) is 0 Å². The average Bonchev–Trinajstić information content (AvgIpc) is 2.89. The third-order valence-corrected chi connectivity index (χ3v) is 6.45. The number of rotatable bonds is 7. The van der Waals surface area contributed by atoms with Crippen molar-refractivity contribution in [3.63, 3.8) is 0 Å². The third-order valence-electron chi connectivity index (χ3n) is 6.45. The highest BCUT2D eigenvalue weighted by atomic mass is 16.1. The minimum absolute atomic E-state index is 0.0804. The maximum atomic E-state index is 13.1. The fourth-order valence-corrected chi connectivity index (χ4v) is 4.60. The fraction of sp³-hybridized carbons (Fsp3) is 0.241. The van der Waals surface area contributed by atoms with Crippen LogP contribution in [0.1, 0.15) is 34.3 Å². The number of nitrogens with zero attached hydrogens (tertiary/aromatic N) is 2. The van der Waals surface area contributed by atoms with Crippen molar-refractivity contribution in [2.24, 2.45) is 0 Å². The zero-order chi connectivity index (χ0) is 23.2. The first-order valence-electron chi connectivity index (χ1n) is 12.0. The summed E-state index contributed by atoms with van der Waals surface area (Å²) in [7, 11) is 0. The summed E-state index contributed by atoms with van der Waals surface area (Å²) in [5.74, 6) is 0.688. The van der Waals surface area contributed by atoms with Gasteiger partial charge in [0.1, 0.15) is 5.82 Å². The Bertz CT molecular complexity index is 1230. The van der Waals surface area contributed by atoms with E-state index in [9.17, 15) is 4.79 Å². The smallest absolute Gasteiger partial charge is 0.252 e. The number of fused-ring (bicyclic) bond motifs is 1. The molecule has 172 valence electrons. The molecule has 5 nitrogen and oxygen atoms in total. The lowest BCUT2D eigenvalue weighted by molar-refractivity contribution is 0.0952. The highest BCUT2D eigenvalue weighted by Crippen LogP contribution is 2.23. The standard InChI is InChI=1S/C29H30N4O/c34-29(30-20-22-9-3-1-4-10-22)26-19-28(32-27-14-8-7-13-25(26)27)31-24-15-17-33(18-16-24)21-23-11-5-2-6-12-23/h1-14,19,24H,15-18,20-21H2,(H,30,34)(H,31,32). The molecule has 1 saturated heterocycles. The molecule has 0 atom stereocenters. The molecule has 1 amide bonds. The van der Waals surface area contributed by atoms with E-state index in [0.717, 1.165) is 54.8 Å². The lowest BCUT2D eigenvalue weighted by atomic mass is 10.0. The van der Waals surface area contributed by atoms with Crippen LogP contribution < -0.4 is 10.6 Å². The first-order valence-corrected chi connectivity index (χ1v) is 12.0. The van der Waals surface area contributed by atoms with E-state index in [4.69, 9.17) is 4.98 Å². The van der Waals surface area contributed by atoms with Gasteiger partial charge in [-0.1, -0.05) is 78.9 Å². The van der Waals surface area contributed by atoms with Crippen molar-refractivity contribution < 1.29 is 4.79 Å². The number of carbonyl (C=O) groups is 1. The summed E-state index contributed by atoms with van der Waals surface area (Å²) in [4.78, 5) is 20.4. The molecule has 4 aromatic rings. The van der Waals surface area contributed by atoms with Gasteiger partial charge in [-0.25, -0.2) is 4.98 Å². The molecule has 3 aromatic carbocycles. The number of aromatic nitrogens is 1. The number of hydrogen-bond donors (Lipinski definition) is 2. The van der Waals surface area contributed by atoms with Crippen molar-refractivity contribution >= 4 is 22.6 Å². The highest BCUT2D eigenvalue weighted by molar-refractivity contribution is 6.06. The molecule has 0 unspecified atom stereocenters. The molecular formula is C29H30N4O. The molecule has 0 bridgehead atoms. The topological polar surface area (TPSA) is 57.3 Å². The van der Waals surface area contributed by atoms with E-state index in [0.29, 0.717) is 18.2 Å². The van der Waals surface area contributed by atoms with Gasteiger partial charge in [0.15, 0.2) is 0 Å². The number of para-hydroxylation sites is 1. The van der Waals surface area contributed by atoms with Gasteiger partial charge in [-0.15, -0.1) is 0 Å². The fourth-order valence-electron chi connectivity index (χ4n) is 4.60. The molecule has 0 aliphatic carbocycles. The van der Waals surface area contributed by atoms with Gasteiger partial charge < -0.3 is 10.6 Å². The van der Waals surface area contributed by atoms with Crippen LogP contribution in [-0.4, -0.2) is 34.9 Å². The number of amides is 1. The summed E-state index contributed by atoms with van der Waals surface area (Å²) in [6.45, 7) is 3.58. The van der Waals surface area contributed by atoms with Crippen LogP contribution >= 0.6 is 0 Å². The summed E-state index contributed by atoms with van der Waals surface area (Å²) in [6.07, 6.45) is 2.10. The van der Waals surface area contributed by atoms with E-state index in [1.54, 1.807) is 0 Å². The van der Waals surface area contributed by atoms with E-state index >= 15 is 0 Å². The molecular weight excluding hydrogens is 420 g/mol. The molecule has 1 fully saturated rings. The Hall–Kier alpha value is -3.70. The van der Waals surface area contributed by atoms with Crippen molar-refractivity contribution in [1.82, 2.24) is 15.2 Å². The predicted molar refractivity (Wildman–Crippen MR) is 138 cm³/mol. The van der Waals surface area contributed by atoms with Gasteiger partial charge in [0.25, 0.3) is 5.91 Å². The predicted octanol–water partition coefficient (Wildman–Crippen LogP) is 5.24. The Morgan fingerprint density at radius 2 is 1.50 bits per heavy atom. The Morgan fingerprint density at radius 1 is 0.853 bits per heavy atom. The van der Waals surface area contributed by atoms with Crippen molar-refractivity contribution in [2.45, 2.75) is 32.0 Å². The van der Waals surface area contributed by atoms with Gasteiger partial charge in [-0.05, 0) is 36.1 Å². The van der Waals surface area contributed by atoms with Gasteiger partial charge in [0, 0.05) is 37.6 Å². The molecule has 2 heterocycles. The maximum absolute atomic E-state index is 13.1. The largest absolute Gasteiger partial charge is 0.367 e. The molecule has 1 aliphatic heterocycles. The summed E-state index contributed by atoms with van der Waals surface area (Å²) >= 11 is 0. The second kappa shape index (κ2) is 10.5. The van der Waals surface area contributed by atoms with Crippen LogP contribution in [0.3, 0.4) is 0 Å². The Morgan fingerprint density at radius 3 is 2.24 bits per heavy atom. The SMILES string of the molecule is O=C(NCc1ccccc1)c1cc(NC2CCN(Cc3ccccc3)CC2)nc2ccccc12. The number of anilines is 1. The number of likely N-dealkylation sites (tertiary alicyclic amines) is 1. The number of nitrogens with one attached hydrogen (secondary N) is 2. The van der Waals surface area contributed by atoms with Gasteiger partial charge >= 0.3 is 0 Å². The number of piperidine rings is 1. The number of benzene rings is 3. The van der Waals surface area contributed by atoms with Crippen LogP contribution in [0.15, 0.2) is 91.0 Å². The van der Waals surface area contributed by atoms with E-state index in [1.165, 1.54) is 5.56 Å². The quantitative estimate of drug-likeness (QED) is 0.404. The van der Waals surface area contributed by atoms with E-state index in [1.807, 2.05) is 60.7 Å². The van der Waals surface area contributed by atoms with Crippen LogP contribution in [0.5, 0.6) is 0 Å². The minimum atomic E-state index is -0.0804. The summed E-state index contributed by atoms with van der Waals surface area (Å²) in [5.41, 5.74) is 3.93. The zero-order valence-electron chi connectivity index (χ0n) is 19.3. The van der Waals surface area contributed by atoms with Crippen molar-refractivity contribution in [2.75, 3.05) is 18.4 Å². The molecule has 5 rings (SSSR count). The van der Waals surface area contributed by atoms with Crippen molar-refractivity contribution in [1.29, 1.82) is 0 Å². The van der Waals surface area contributed by atoms with Crippen LogP contribution in [0.25, 0.3) is 10.9 Å². The van der Waals surface area contributed by atoms with Crippen molar-refractivity contribution in [3.05, 3.63) is 108 Å². The number of pyridine rings is 1. The minimum Gasteiger partial charge on any atom is -0.367 e. The second-order valence-corrected chi connectivity index (χ2v) is 8.92.